The lowest BCUT2D eigenvalue weighted by atomic mass is 10.0. The standard InChI is InChI=1S/C21H24N2O5S/c1-27-16-6-4-3-5-14(16)13-19(24)23-11-9-15(10-12-23)22-20(25)17-7-8-18(29-17)21(26)28-2/h3-8,15H,9-13H2,1-2H3,(H,22,25). The lowest BCUT2D eigenvalue weighted by Crippen LogP contribution is -2.46. The zero-order valence-corrected chi connectivity index (χ0v) is 17.3. The molecular formula is C21H24N2O5S. The SMILES string of the molecule is COC(=O)c1ccc(C(=O)NC2CCN(C(=O)Cc3ccccc3OC)CC2)s1. The number of para-hydroxylation sites is 1. The zero-order valence-electron chi connectivity index (χ0n) is 16.5. The third-order valence-corrected chi connectivity index (χ3v) is 6.00. The summed E-state index contributed by atoms with van der Waals surface area (Å²) in [5.41, 5.74) is 0.870. The summed E-state index contributed by atoms with van der Waals surface area (Å²) in [4.78, 5) is 39.3. The highest BCUT2D eigenvalue weighted by atomic mass is 32.1. The van der Waals surface area contributed by atoms with Crippen LogP contribution in [0.15, 0.2) is 36.4 Å². The Morgan fingerprint density at radius 3 is 2.45 bits per heavy atom. The van der Waals surface area contributed by atoms with Gasteiger partial charge in [-0.05, 0) is 31.0 Å². The highest BCUT2D eigenvalue weighted by molar-refractivity contribution is 7.15. The van der Waals surface area contributed by atoms with Crippen LogP contribution in [-0.2, 0) is 16.0 Å². The molecule has 1 aromatic carbocycles. The summed E-state index contributed by atoms with van der Waals surface area (Å²) in [5.74, 6) is 0.116. The minimum absolute atomic E-state index is 0.00138. The van der Waals surface area contributed by atoms with Crippen molar-refractivity contribution in [3.63, 3.8) is 0 Å². The van der Waals surface area contributed by atoms with Crippen molar-refractivity contribution in [1.29, 1.82) is 0 Å². The highest BCUT2D eigenvalue weighted by Gasteiger charge is 2.25. The summed E-state index contributed by atoms with van der Waals surface area (Å²) in [6.45, 7) is 1.19. The number of thiophene rings is 1. The van der Waals surface area contributed by atoms with Gasteiger partial charge in [-0.3, -0.25) is 9.59 Å². The van der Waals surface area contributed by atoms with E-state index >= 15 is 0 Å². The van der Waals surface area contributed by atoms with Crippen LogP contribution in [0.3, 0.4) is 0 Å². The molecule has 0 aliphatic carbocycles. The van der Waals surface area contributed by atoms with Crippen LogP contribution in [0.1, 0.15) is 37.7 Å². The first-order valence-electron chi connectivity index (χ1n) is 9.40. The minimum Gasteiger partial charge on any atom is -0.496 e. The van der Waals surface area contributed by atoms with Gasteiger partial charge in [0.05, 0.1) is 25.5 Å². The molecule has 1 saturated heterocycles. The molecule has 3 rings (SSSR count). The molecule has 0 spiro atoms. The maximum Gasteiger partial charge on any atom is 0.348 e. The number of methoxy groups -OCH3 is 2. The molecule has 2 amide bonds. The maximum absolute atomic E-state index is 12.6. The van der Waals surface area contributed by atoms with E-state index in [4.69, 9.17) is 4.74 Å². The number of likely N-dealkylation sites (tertiary alicyclic amines) is 1. The first-order chi connectivity index (χ1) is 14.0. The molecule has 7 nitrogen and oxygen atoms in total. The van der Waals surface area contributed by atoms with Crippen LogP contribution in [0, 0.1) is 0 Å². The van der Waals surface area contributed by atoms with Crippen molar-refractivity contribution in [2.75, 3.05) is 27.3 Å². The fourth-order valence-electron chi connectivity index (χ4n) is 3.32. The number of carbonyl (C=O) groups is 3. The molecule has 1 aromatic heterocycles. The summed E-state index contributed by atoms with van der Waals surface area (Å²) in [6, 6.07) is 10.7. The Kier molecular flexibility index (Phi) is 6.87. The Morgan fingerprint density at radius 1 is 1.07 bits per heavy atom. The average molecular weight is 416 g/mol. The summed E-state index contributed by atoms with van der Waals surface area (Å²) in [6.07, 6.45) is 1.68. The molecule has 1 aliphatic heterocycles. The predicted molar refractivity (Wildman–Crippen MR) is 109 cm³/mol. The zero-order chi connectivity index (χ0) is 20.8. The quantitative estimate of drug-likeness (QED) is 0.732. The van der Waals surface area contributed by atoms with E-state index < -0.39 is 5.97 Å². The summed E-state index contributed by atoms with van der Waals surface area (Å²) < 4.78 is 9.98. The third kappa shape index (κ3) is 5.14. The fourth-order valence-corrected chi connectivity index (χ4v) is 4.15. The number of hydrogen-bond donors (Lipinski definition) is 1. The van der Waals surface area contributed by atoms with Gasteiger partial charge in [-0.2, -0.15) is 0 Å². The number of ether oxygens (including phenoxy) is 2. The van der Waals surface area contributed by atoms with Crippen molar-refractivity contribution in [3.8, 4) is 5.75 Å². The van der Waals surface area contributed by atoms with Gasteiger partial charge in [0.25, 0.3) is 5.91 Å². The van der Waals surface area contributed by atoms with Gasteiger partial charge in [0.15, 0.2) is 0 Å². The Morgan fingerprint density at radius 2 is 1.76 bits per heavy atom. The average Bonchev–Trinajstić information content (AvgIpc) is 3.24. The van der Waals surface area contributed by atoms with E-state index in [-0.39, 0.29) is 17.9 Å². The second-order valence-electron chi connectivity index (χ2n) is 6.77. The monoisotopic (exact) mass is 416 g/mol. The van der Waals surface area contributed by atoms with Gasteiger partial charge >= 0.3 is 5.97 Å². The van der Waals surface area contributed by atoms with Gasteiger partial charge in [0.1, 0.15) is 10.6 Å². The van der Waals surface area contributed by atoms with E-state index in [0.717, 1.165) is 16.9 Å². The summed E-state index contributed by atoms with van der Waals surface area (Å²) >= 11 is 1.11. The lowest BCUT2D eigenvalue weighted by molar-refractivity contribution is -0.131. The first kappa shape index (κ1) is 20.9. The van der Waals surface area contributed by atoms with Gasteiger partial charge in [-0.1, -0.05) is 18.2 Å². The molecule has 29 heavy (non-hydrogen) atoms. The van der Waals surface area contributed by atoms with Crippen LogP contribution in [-0.4, -0.2) is 56.0 Å². The first-order valence-corrected chi connectivity index (χ1v) is 10.2. The number of nitrogens with one attached hydrogen (secondary N) is 1. The second kappa shape index (κ2) is 9.56. The summed E-state index contributed by atoms with van der Waals surface area (Å²) in [5, 5.41) is 2.99. The van der Waals surface area contributed by atoms with Crippen LogP contribution in [0.25, 0.3) is 0 Å². The van der Waals surface area contributed by atoms with Crippen molar-refractivity contribution in [2.24, 2.45) is 0 Å². The lowest BCUT2D eigenvalue weighted by Gasteiger charge is -2.32. The van der Waals surface area contributed by atoms with Crippen LogP contribution >= 0.6 is 11.3 Å². The molecule has 0 unspecified atom stereocenters. The second-order valence-corrected chi connectivity index (χ2v) is 7.86. The molecule has 2 aromatic rings. The number of esters is 1. The molecule has 0 bridgehead atoms. The van der Waals surface area contributed by atoms with Crippen LogP contribution < -0.4 is 10.1 Å². The van der Waals surface area contributed by atoms with Crippen molar-refractivity contribution >= 4 is 29.1 Å². The number of piperidine rings is 1. The number of hydrogen-bond acceptors (Lipinski definition) is 6. The Bertz CT molecular complexity index is 887. The predicted octanol–water partition coefficient (Wildman–Crippen LogP) is 2.51. The largest absolute Gasteiger partial charge is 0.496 e. The van der Waals surface area contributed by atoms with E-state index in [1.54, 1.807) is 19.2 Å². The Balaban J connectivity index is 1.50. The number of rotatable bonds is 6. The topological polar surface area (TPSA) is 84.9 Å². The van der Waals surface area contributed by atoms with Crippen molar-refractivity contribution in [3.05, 3.63) is 51.7 Å². The van der Waals surface area contributed by atoms with Crippen LogP contribution in [0.2, 0.25) is 0 Å². The number of amides is 2. The molecule has 154 valence electrons. The number of carbonyl (C=O) groups excluding carboxylic acids is 3. The molecule has 0 atom stereocenters. The molecule has 1 fully saturated rings. The molecule has 2 heterocycles. The van der Waals surface area contributed by atoms with E-state index in [1.165, 1.54) is 7.11 Å². The summed E-state index contributed by atoms with van der Waals surface area (Å²) in [7, 11) is 2.91. The van der Waals surface area contributed by atoms with E-state index in [1.807, 2.05) is 29.2 Å². The minimum atomic E-state index is -0.448. The molecule has 0 saturated carbocycles. The molecule has 0 radical (unpaired) electrons. The van der Waals surface area contributed by atoms with E-state index in [9.17, 15) is 14.4 Å². The molecular weight excluding hydrogens is 392 g/mol. The normalized spacial score (nSPS) is 14.3. The van der Waals surface area contributed by atoms with Crippen LogP contribution in [0.5, 0.6) is 5.75 Å². The van der Waals surface area contributed by atoms with Gasteiger partial charge in [-0.15, -0.1) is 11.3 Å². The fraction of sp³-hybridized carbons (Fsp3) is 0.381. The van der Waals surface area contributed by atoms with E-state index in [2.05, 4.69) is 10.1 Å². The maximum atomic E-state index is 12.6. The van der Waals surface area contributed by atoms with Gasteiger partial charge in [-0.25, -0.2) is 4.79 Å². The van der Waals surface area contributed by atoms with Crippen LogP contribution in [0.4, 0.5) is 0 Å². The van der Waals surface area contributed by atoms with Crippen molar-refractivity contribution in [2.45, 2.75) is 25.3 Å². The molecule has 1 aliphatic rings. The van der Waals surface area contributed by atoms with Gasteiger partial charge < -0.3 is 19.7 Å². The van der Waals surface area contributed by atoms with Crippen molar-refractivity contribution in [1.82, 2.24) is 10.2 Å². The van der Waals surface area contributed by atoms with E-state index in [0.29, 0.717) is 47.9 Å². The Hall–Kier alpha value is -2.87. The number of benzene rings is 1. The molecule has 8 heteroatoms. The third-order valence-electron chi connectivity index (χ3n) is 4.93. The smallest absolute Gasteiger partial charge is 0.348 e. The van der Waals surface area contributed by atoms with Crippen molar-refractivity contribution < 1.29 is 23.9 Å². The number of nitrogens with zero attached hydrogens (tertiary/aromatic N) is 1. The Labute approximate surface area is 173 Å². The van der Waals surface area contributed by atoms with Gasteiger partial charge in [0.2, 0.25) is 5.91 Å². The van der Waals surface area contributed by atoms with Gasteiger partial charge in [0, 0.05) is 24.7 Å². The highest BCUT2D eigenvalue weighted by Crippen LogP contribution is 2.21. The molecule has 1 N–H and O–H groups in total.